The van der Waals surface area contributed by atoms with Crippen LogP contribution in [0.25, 0.3) is 0 Å². The fourth-order valence-corrected chi connectivity index (χ4v) is 1.83. The van der Waals surface area contributed by atoms with Crippen LogP contribution in [0.5, 0.6) is 0 Å². The molecule has 1 aromatic carbocycles. The van der Waals surface area contributed by atoms with Crippen LogP contribution in [0, 0.1) is 5.82 Å². The van der Waals surface area contributed by atoms with Crippen LogP contribution >= 0.6 is 11.6 Å². The summed E-state index contributed by atoms with van der Waals surface area (Å²) < 4.78 is 24.1. The number of hydrogen-bond donors (Lipinski definition) is 1. The van der Waals surface area contributed by atoms with E-state index in [0.717, 1.165) is 0 Å². The lowest BCUT2D eigenvalue weighted by atomic mass is 10.1. The predicted octanol–water partition coefficient (Wildman–Crippen LogP) is 1.85. The standard InChI is InChI=1S/C10H11ClFNO2/c11-6-2-1-3-7(12)10(6)8-5-14-9(4-13)15-8/h1-3,8-9H,4-5,13H2. The van der Waals surface area contributed by atoms with Crippen LogP contribution in [0.1, 0.15) is 11.7 Å². The second-order valence-electron chi connectivity index (χ2n) is 3.26. The average molecular weight is 232 g/mol. The van der Waals surface area contributed by atoms with E-state index in [1.165, 1.54) is 6.07 Å². The molecule has 0 aliphatic carbocycles. The van der Waals surface area contributed by atoms with E-state index in [1.54, 1.807) is 12.1 Å². The topological polar surface area (TPSA) is 44.5 Å². The van der Waals surface area contributed by atoms with Crippen LogP contribution in [0.3, 0.4) is 0 Å². The molecular formula is C10H11ClFNO2. The van der Waals surface area contributed by atoms with Crippen LogP contribution < -0.4 is 5.73 Å². The van der Waals surface area contributed by atoms with Crippen molar-refractivity contribution in [1.82, 2.24) is 0 Å². The fourth-order valence-electron chi connectivity index (χ4n) is 1.55. The molecule has 3 nitrogen and oxygen atoms in total. The van der Waals surface area contributed by atoms with E-state index < -0.39 is 12.4 Å². The molecule has 1 saturated heterocycles. The maximum atomic E-state index is 13.5. The van der Waals surface area contributed by atoms with E-state index >= 15 is 0 Å². The number of halogens is 2. The molecule has 15 heavy (non-hydrogen) atoms. The first-order valence-corrected chi connectivity index (χ1v) is 5.01. The van der Waals surface area contributed by atoms with E-state index in [2.05, 4.69) is 0 Å². The van der Waals surface area contributed by atoms with E-state index in [9.17, 15) is 4.39 Å². The van der Waals surface area contributed by atoms with Crippen molar-refractivity contribution in [2.45, 2.75) is 12.4 Å². The van der Waals surface area contributed by atoms with Crippen molar-refractivity contribution in [3.63, 3.8) is 0 Å². The molecule has 82 valence electrons. The molecule has 2 rings (SSSR count). The maximum Gasteiger partial charge on any atom is 0.170 e. The third kappa shape index (κ3) is 2.13. The number of hydrogen-bond acceptors (Lipinski definition) is 3. The molecule has 1 aromatic rings. The molecule has 2 atom stereocenters. The van der Waals surface area contributed by atoms with Crippen molar-refractivity contribution in [3.8, 4) is 0 Å². The largest absolute Gasteiger partial charge is 0.348 e. The molecule has 2 unspecified atom stereocenters. The monoisotopic (exact) mass is 231 g/mol. The molecule has 0 spiro atoms. The third-order valence-corrected chi connectivity index (χ3v) is 2.59. The molecule has 1 heterocycles. The normalized spacial score (nSPS) is 25.8. The van der Waals surface area contributed by atoms with Gasteiger partial charge in [-0.05, 0) is 12.1 Å². The van der Waals surface area contributed by atoms with Gasteiger partial charge in [0.25, 0.3) is 0 Å². The van der Waals surface area contributed by atoms with Gasteiger partial charge >= 0.3 is 0 Å². The zero-order valence-electron chi connectivity index (χ0n) is 7.95. The highest BCUT2D eigenvalue weighted by Crippen LogP contribution is 2.32. The van der Waals surface area contributed by atoms with Crippen LogP contribution in [-0.4, -0.2) is 19.4 Å². The quantitative estimate of drug-likeness (QED) is 0.845. The summed E-state index contributed by atoms with van der Waals surface area (Å²) in [5.74, 6) is -0.381. The molecule has 1 aliphatic rings. The number of benzene rings is 1. The van der Waals surface area contributed by atoms with Crippen molar-refractivity contribution in [2.75, 3.05) is 13.2 Å². The van der Waals surface area contributed by atoms with Crippen LogP contribution in [0.4, 0.5) is 4.39 Å². The molecule has 0 aromatic heterocycles. The first-order chi connectivity index (χ1) is 7.22. The molecule has 1 fully saturated rings. The SMILES string of the molecule is NCC1OCC(c2c(F)cccc2Cl)O1. The van der Waals surface area contributed by atoms with Crippen LogP contribution in [-0.2, 0) is 9.47 Å². The van der Waals surface area contributed by atoms with Gasteiger partial charge in [0.05, 0.1) is 6.61 Å². The second-order valence-corrected chi connectivity index (χ2v) is 3.67. The molecule has 5 heteroatoms. The lowest BCUT2D eigenvalue weighted by molar-refractivity contribution is -0.0501. The summed E-state index contributed by atoms with van der Waals surface area (Å²) >= 11 is 5.89. The molecule has 0 radical (unpaired) electrons. The Morgan fingerprint density at radius 1 is 1.53 bits per heavy atom. The van der Waals surface area contributed by atoms with Crippen molar-refractivity contribution in [2.24, 2.45) is 5.73 Å². The zero-order chi connectivity index (χ0) is 10.8. The van der Waals surface area contributed by atoms with Gasteiger partial charge in [-0.3, -0.25) is 0 Å². The highest BCUT2D eigenvalue weighted by molar-refractivity contribution is 6.31. The van der Waals surface area contributed by atoms with Gasteiger partial charge in [0.15, 0.2) is 6.29 Å². The highest BCUT2D eigenvalue weighted by Gasteiger charge is 2.29. The molecule has 0 amide bonds. The van der Waals surface area contributed by atoms with Gasteiger partial charge < -0.3 is 15.2 Å². The maximum absolute atomic E-state index is 13.5. The van der Waals surface area contributed by atoms with Gasteiger partial charge in [-0.1, -0.05) is 17.7 Å². The van der Waals surface area contributed by atoms with E-state index in [0.29, 0.717) is 10.6 Å². The first-order valence-electron chi connectivity index (χ1n) is 4.63. The van der Waals surface area contributed by atoms with Gasteiger partial charge in [0.2, 0.25) is 0 Å². The van der Waals surface area contributed by atoms with Gasteiger partial charge in [0.1, 0.15) is 11.9 Å². The van der Waals surface area contributed by atoms with E-state index in [4.69, 9.17) is 26.8 Å². The number of nitrogens with two attached hydrogens (primary N) is 1. The van der Waals surface area contributed by atoms with Gasteiger partial charge in [-0.25, -0.2) is 4.39 Å². The lowest BCUT2D eigenvalue weighted by Gasteiger charge is -2.12. The van der Waals surface area contributed by atoms with Crippen molar-refractivity contribution in [3.05, 3.63) is 34.6 Å². The summed E-state index contributed by atoms with van der Waals surface area (Å²) in [7, 11) is 0. The highest BCUT2D eigenvalue weighted by atomic mass is 35.5. The Kier molecular flexibility index (Phi) is 3.21. The minimum absolute atomic E-state index is 0.253. The summed E-state index contributed by atoms with van der Waals surface area (Å²) in [6.45, 7) is 0.533. The Balaban J connectivity index is 2.23. The van der Waals surface area contributed by atoms with E-state index in [-0.39, 0.29) is 19.0 Å². The lowest BCUT2D eigenvalue weighted by Crippen LogP contribution is -2.20. The molecule has 2 N–H and O–H groups in total. The van der Waals surface area contributed by atoms with Gasteiger partial charge in [-0.2, -0.15) is 0 Å². The van der Waals surface area contributed by atoms with Gasteiger partial charge in [-0.15, -0.1) is 0 Å². The zero-order valence-corrected chi connectivity index (χ0v) is 8.71. The molecular weight excluding hydrogens is 221 g/mol. The smallest absolute Gasteiger partial charge is 0.170 e. The minimum Gasteiger partial charge on any atom is -0.348 e. The number of ether oxygens (including phenoxy) is 2. The van der Waals surface area contributed by atoms with Crippen LogP contribution in [0.15, 0.2) is 18.2 Å². The summed E-state index contributed by atoms with van der Waals surface area (Å²) in [6.07, 6.45) is -0.932. The number of rotatable bonds is 2. The third-order valence-electron chi connectivity index (χ3n) is 2.26. The molecule has 0 saturated carbocycles. The van der Waals surface area contributed by atoms with Crippen LogP contribution in [0.2, 0.25) is 5.02 Å². The fraction of sp³-hybridized carbons (Fsp3) is 0.400. The Bertz CT molecular complexity index is 341. The van der Waals surface area contributed by atoms with Crippen molar-refractivity contribution < 1.29 is 13.9 Å². The summed E-state index contributed by atoms with van der Waals surface area (Å²) in [5, 5.41) is 0.348. The average Bonchev–Trinajstić information content (AvgIpc) is 2.66. The summed E-state index contributed by atoms with van der Waals surface area (Å²) in [4.78, 5) is 0. The Labute approximate surface area is 91.9 Å². The van der Waals surface area contributed by atoms with E-state index in [1.807, 2.05) is 0 Å². The second kappa shape index (κ2) is 4.45. The van der Waals surface area contributed by atoms with Gasteiger partial charge in [0, 0.05) is 17.1 Å². The predicted molar refractivity (Wildman–Crippen MR) is 54.0 cm³/mol. The van der Waals surface area contributed by atoms with Crippen molar-refractivity contribution >= 4 is 11.6 Å². The summed E-state index contributed by atoms with van der Waals surface area (Å²) in [5.41, 5.74) is 5.72. The summed E-state index contributed by atoms with van der Waals surface area (Å²) in [6, 6.07) is 4.52. The Hall–Kier alpha value is -0.680. The minimum atomic E-state index is -0.467. The Morgan fingerprint density at radius 2 is 2.33 bits per heavy atom. The molecule has 1 aliphatic heterocycles. The first kappa shape index (κ1) is 10.8. The Morgan fingerprint density at radius 3 is 2.93 bits per heavy atom. The van der Waals surface area contributed by atoms with Crippen molar-refractivity contribution in [1.29, 1.82) is 0 Å². The molecule has 0 bridgehead atoms.